The fraction of sp³-hybridized carbons (Fsp3) is 0.308. The van der Waals surface area contributed by atoms with Crippen molar-refractivity contribution in [2.75, 3.05) is 0 Å². The number of rotatable bonds is 3. The standard InChI is InChI=1S/C13H14Cl3N3/c1-7-13(16)12(19(2)18-7)6-11(17)8-3-4-9(14)10(15)5-8/h3-5,11H,6,17H2,1-2H3. The predicted octanol–water partition coefficient (Wildman–Crippen LogP) is 3.93. The van der Waals surface area contributed by atoms with Crippen LogP contribution in [0.5, 0.6) is 0 Å². The molecule has 0 aliphatic carbocycles. The topological polar surface area (TPSA) is 43.8 Å². The van der Waals surface area contributed by atoms with Crippen molar-refractivity contribution in [3.63, 3.8) is 0 Å². The zero-order chi connectivity index (χ0) is 14.2. The zero-order valence-electron chi connectivity index (χ0n) is 10.6. The van der Waals surface area contributed by atoms with Crippen molar-refractivity contribution < 1.29 is 0 Å². The van der Waals surface area contributed by atoms with Crippen molar-refractivity contribution >= 4 is 34.8 Å². The normalized spacial score (nSPS) is 12.7. The summed E-state index contributed by atoms with van der Waals surface area (Å²) in [5.74, 6) is 0. The van der Waals surface area contributed by atoms with Gasteiger partial charge in [-0.3, -0.25) is 4.68 Å². The Morgan fingerprint density at radius 1 is 1.26 bits per heavy atom. The molecule has 2 aromatic rings. The number of hydrogen-bond donors (Lipinski definition) is 1. The Morgan fingerprint density at radius 2 is 1.95 bits per heavy atom. The third-order valence-corrected chi connectivity index (χ3v) is 4.28. The monoisotopic (exact) mass is 317 g/mol. The van der Waals surface area contributed by atoms with Gasteiger partial charge in [0.25, 0.3) is 0 Å². The second-order valence-corrected chi connectivity index (χ2v) is 5.65. The highest BCUT2D eigenvalue weighted by molar-refractivity contribution is 6.42. The van der Waals surface area contributed by atoms with Gasteiger partial charge in [-0.05, 0) is 24.6 Å². The fourth-order valence-electron chi connectivity index (χ4n) is 1.97. The van der Waals surface area contributed by atoms with Gasteiger partial charge in [-0.1, -0.05) is 40.9 Å². The molecule has 2 rings (SSSR count). The Morgan fingerprint density at radius 3 is 2.47 bits per heavy atom. The van der Waals surface area contributed by atoms with E-state index < -0.39 is 0 Å². The van der Waals surface area contributed by atoms with Gasteiger partial charge in [0.15, 0.2) is 0 Å². The first-order chi connectivity index (χ1) is 8.90. The molecule has 6 heteroatoms. The Hall–Kier alpha value is -0.740. The molecule has 0 saturated heterocycles. The van der Waals surface area contributed by atoms with Crippen molar-refractivity contribution in [3.8, 4) is 0 Å². The maximum Gasteiger partial charge on any atom is 0.0847 e. The summed E-state index contributed by atoms with van der Waals surface area (Å²) in [6, 6.07) is 5.19. The Balaban J connectivity index is 2.25. The summed E-state index contributed by atoms with van der Waals surface area (Å²) in [5, 5.41) is 5.96. The van der Waals surface area contributed by atoms with E-state index in [1.54, 1.807) is 16.8 Å². The second kappa shape index (κ2) is 5.71. The van der Waals surface area contributed by atoms with E-state index in [9.17, 15) is 0 Å². The van der Waals surface area contributed by atoms with E-state index in [0.717, 1.165) is 17.0 Å². The van der Waals surface area contributed by atoms with Gasteiger partial charge in [0, 0.05) is 19.5 Å². The number of benzene rings is 1. The van der Waals surface area contributed by atoms with Crippen LogP contribution < -0.4 is 5.73 Å². The lowest BCUT2D eigenvalue weighted by atomic mass is 10.0. The molecule has 0 radical (unpaired) electrons. The average molecular weight is 319 g/mol. The van der Waals surface area contributed by atoms with Crippen molar-refractivity contribution in [2.45, 2.75) is 19.4 Å². The zero-order valence-corrected chi connectivity index (χ0v) is 12.9. The van der Waals surface area contributed by atoms with Crippen LogP contribution >= 0.6 is 34.8 Å². The highest BCUT2D eigenvalue weighted by Gasteiger charge is 2.16. The van der Waals surface area contributed by atoms with Crippen LogP contribution in [0.2, 0.25) is 15.1 Å². The highest BCUT2D eigenvalue weighted by Crippen LogP contribution is 2.28. The van der Waals surface area contributed by atoms with Crippen molar-refractivity contribution in [2.24, 2.45) is 12.8 Å². The molecule has 0 amide bonds. The molecular formula is C13H14Cl3N3. The first kappa shape index (κ1) is 14.7. The molecule has 0 aliphatic heterocycles. The summed E-state index contributed by atoms with van der Waals surface area (Å²) >= 11 is 18.1. The number of hydrogen-bond acceptors (Lipinski definition) is 2. The third-order valence-electron chi connectivity index (χ3n) is 3.05. The van der Waals surface area contributed by atoms with Gasteiger partial charge in [0.1, 0.15) is 0 Å². The molecule has 0 saturated carbocycles. The summed E-state index contributed by atoms with van der Waals surface area (Å²) < 4.78 is 1.76. The largest absolute Gasteiger partial charge is 0.324 e. The van der Waals surface area contributed by atoms with Crippen LogP contribution in [0.3, 0.4) is 0 Å². The van der Waals surface area contributed by atoms with Gasteiger partial charge in [0.05, 0.1) is 26.5 Å². The molecular weight excluding hydrogens is 305 g/mol. The maximum absolute atomic E-state index is 6.22. The number of nitrogens with zero attached hydrogens (tertiary/aromatic N) is 2. The van der Waals surface area contributed by atoms with E-state index in [-0.39, 0.29) is 6.04 Å². The van der Waals surface area contributed by atoms with E-state index in [2.05, 4.69) is 5.10 Å². The van der Waals surface area contributed by atoms with Crippen molar-refractivity contribution in [3.05, 3.63) is 50.2 Å². The molecule has 1 heterocycles. The van der Waals surface area contributed by atoms with Gasteiger partial charge in [-0.15, -0.1) is 0 Å². The second-order valence-electron chi connectivity index (χ2n) is 4.45. The lowest BCUT2D eigenvalue weighted by Gasteiger charge is -2.13. The summed E-state index contributed by atoms with van der Waals surface area (Å²) in [4.78, 5) is 0. The van der Waals surface area contributed by atoms with Gasteiger partial charge in [-0.2, -0.15) is 5.10 Å². The van der Waals surface area contributed by atoms with Gasteiger partial charge < -0.3 is 5.73 Å². The molecule has 1 unspecified atom stereocenters. The predicted molar refractivity (Wildman–Crippen MR) is 80.0 cm³/mol. The van der Waals surface area contributed by atoms with Crippen LogP contribution in [-0.2, 0) is 13.5 Å². The molecule has 0 fully saturated rings. The molecule has 0 spiro atoms. The van der Waals surface area contributed by atoms with Crippen molar-refractivity contribution in [1.82, 2.24) is 9.78 Å². The Bertz CT molecular complexity index is 607. The molecule has 1 aromatic carbocycles. The van der Waals surface area contributed by atoms with Gasteiger partial charge >= 0.3 is 0 Å². The first-order valence-electron chi connectivity index (χ1n) is 5.78. The van der Waals surface area contributed by atoms with Crippen LogP contribution in [0.25, 0.3) is 0 Å². The lowest BCUT2D eigenvalue weighted by molar-refractivity contribution is 0.640. The van der Waals surface area contributed by atoms with Crippen LogP contribution in [0.1, 0.15) is 23.0 Å². The molecule has 1 atom stereocenters. The SMILES string of the molecule is Cc1nn(C)c(CC(N)c2ccc(Cl)c(Cl)c2)c1Cl. The maximum atomic E-state index is 6.22. The summed E-state index contributed by atoms with van der Waals surface area (Å²) in [6.07, 6.45) is 0.591. The van der Waals surface area contributed by atoms with Crippen molar-refractivity contribution in [1.29, 1.82) is 0 Å². The number of aromatic nitrogens is 2. The molecule has 0 aliphatic rings. The van der Waals surface area contributed by atoms with Gasteiger partial charge in [-0.25, -0.2) is 0 Å². The third kappa shape index (κ3) is 3.06. The molecule has 102 valence electrons. The molecule has 3 nitrogen and oxygen atoms in total. The smallest absolute Gasteiger partial charge is 0.0847 e. The highest BCUT2D eigenvalue weighted by atomic mass is 35.5. The van der Waals surface area contributed by atoms with E-state index >= 15 is 0 Å². The Labute approximate surface area is 127 Å². The van der Waals surface area contributed by atoms with E-state index in [1.165, 1.54) is 0 Å². The molecule has 1 aromatic heterocycles. The van der Waals surface area contributed by atoms with Crippen LogP contribution in [0.4, 0.5) is 0 Å². The van der Waals surface area contributed by atoms with E-state index in [4.69, 9.17) is 40.5 Å². The van der Waals surface area contributed by atoms with E-state index in [0.29, 0.717) is 21.5 Å². The molecule has 0 bridgehead atoms. The number of halogens is 3. The van der Waals surface area contributed by atoms with Crippen LogP contribution in [-0.4, -0.2) is 9.78 Å². The lowest BCUT2D eigenvalue weighted by Crippen LogP contribution is -2.15. The Kier molecular flexibility index (Phi) is 4.41. The minimum Gasteiger partial charge on any atom is -0.324 e. The molecule has 2 N–H and O–H groups in total. The number of nitrogens with two attached hydrogens (primary N) is 1. The average Bonchev–Trinajstić information content (AvgIpc) is 2.59. The number of aryl methyl sites for hydroxylation is 2. The summed E-state index contributed by atoms with van der Waals surface area (Å²) in [6.45, 7) is 1.87. The first-order valence-corrected chi connectivity index (χ1v) is 6.92. The van der Waals surface area contributed by atoms with Gasteiger partial charge in [0.2, 0.25) is 0 Å². The fourth-order valence-corrected chi connectivity index (χ4v) is 2.51. The summed E-state index contributed by atoms with van der Waals surface area (Å²) in [7, 11) is 1.86. The van der Waals surface area contributed by atoms with Crippen LogP contribution in [0, 0.1) is 6.92 Å². The quantitative estimate of drug-likeness (QED) is 0.932. The minimum atomic E-state index is -0.206. The van der Waals surface area contributed by atoms with Crippen LogP contribution in [0.15, 0.2) is 18.2 Å². The minimum absolute atomic E-state index is 0.206. The summed E-state index contributed by atoms with van der Waals surface area (Å²) in [5.41, 5.74) is 8.83. The van der Waals surface area contributed by atoms with E-state index in [1.807, 2.05) is 20.0 Å². The molecule has 19 heavy (non-hydrogen) atoms.